The molecule has 3 N–H and O–H groups in total. The average Bonchev–Trinajstić information content (AvgIpc) is 2.98. The van der Waals surface area contributed by atoms with Crippen molar-refractivity contribution in [2.24, 2.45) is 4.99 Å². The van der Waals surface area contributed by atoms with Crippen molar-refractivity contribution in [3.8, 4) is 0 Å². The van der Waals surface area contributed by atoms with E-state index in [4.69, 9.17) is 0 Å². The lowest BCUT2D eigenvalue weighted by molar-refractivity contribution is -0.121. The molecule has 0 radical (unpaired) electrons. The molecule has 1 heterocycles. The quantitative estimate of drug-likeness (QED) is 0.268. The predicted octanol–water partition coefficient (Wildman–Crippen LogP) is 1.97. The smallest absolute Gasteiger partial charge is 0.222 e. The lowest BCUT2D eigenvalue weighted by Crippen LogP contribution is -2.41. The Morgan fingerprint density at radius 2 is 1.93 bits per heavy atom. The van der Waals surface area contributed by atoms with Crippen LogP contribution in [0.3, 0.4) is 0 Å². The highest BCUT2D eigenvalue weighted by atomic mass is 127. The Balaban J connectivity index is 0.00000420. The Morgan fingerprint density at radius 1 is 1.24 bits per heavy atom. The lowest BCUT2D eigenvalue weighted by atomic mass is 10.0. The van der Waals surface area contributed by atoms with Crippen molar-refractivity contribution in [1.82, 2.24) is 16.0 Å². The van der Waals surface area contributed by atoms with Gasteiger partial charge in [0.15, 0.2) is 15.8 Å². The number of aliphatic imine (C=N–C) groups is 1. The summed E-state index contributed by atoms with van der Waals surface area (Å²) in [5.74, 6) is 1.04. The molecule has 1 aliphatic heterocycles. The number of nitrogens with one attached hydrogen (secondary N) is 3. The van der Waals surface area contributed by atoms with E-state index < -0.39 is 9.84 Å². The van der Waals surface area contributed by atoms with Gasteiger partial charge in [0.2, 0.25) is 5.91 Å². The van der Waals surface area contributed by atoms with Gasteiger partial charge < -0.3 is 16.0 Å². The van der Waals surface area contributed by atoms with Crippen LogP contribution in [0.5, 0.6) is 0 Å². The summed E-state index contributed by atoms with van der Waals surface area (Å²) in [5.41, 5.74) is 2.49. The largest absolute Gasteiger partial charge is 0.357 e. The molecule has 0 spiro atoms. The zero-order valence-electron chi connectivity index (χ0n) is 17.4. The Morgan fingerprint density at radius 3 is 2.52 bits per heavy atom. The summed E-state index contributed by atoms with van der Waals surface area (Å²) in [6.07, 6.45) is 0.775. The van der Waals surface area contributed by atoms with Gasteiger partial charge in [0.25, 0.3) is 0 Å². The molecule has 2 atom stereocenters. The van der Waals surface area contributed by atoms with Crippen molar-refractivity contribution in [3.05, 3.63) is 35.4 Å². The first kappa shape index (κ1) is 25.7. The molecule has 164 valence electrons. The first-order valence-corrected chi connectivity index (χ1v) is 11.7. The number of amides is 1. The number of aryl methyl sites for hydroxylation is 1. The number of carbonyl (C=O) groups is 1. The van der Waals surface area contributed by atoms with Crippen molar-refractivity contribution >= 4 is 45.7 Å². The molecule has 1 aromatic carbocycles. The molecule has 0 aliphatic carbocycles. The molecule has 2 rings (SSSR count). The SMILES string of the molecule is CCNC(=NCC(C)c1ccc(C)cc1)NCCC(=O)NC1CCS(=O)(=O)C1.I. The number of halogens is 1. The minimum absolute atomic E-state index is 0. The maximum absolute atomic E-state index is 12.0. The Bertz CT molecular complexity index is 781. The molecule has 7 nitrogen and oxygen atoms in total. The summed E-state index contributed by atoms with van der Waals surface area (Å²) in [6, 6.07) is 8.21. The van der Waals surface area contributed by atoms with E-state index in [0.717, 1.165) is 6.54 Å². The van der Waals surface area contributed by atoms with Crippen LogP contribution in [-0.2, 0) is 14.6 Å². The van der Waals surface area contributed by atoms with Gasteiger partial charge in [0, 0.05) is 38.0 Å². The highest BCUT2D eigenvalue weighted by Crippen LogP contribution is 2.16. The monoisotopic (exact) mass is 536 g/mol. The number of hydrogen-bond donors (Lipinski definition) is 3. The maximum Gasteiger partial charge on any atom is 0.222 e. The zero-order chi connectivity index (χ0) is 20.6. The van der Waals surface area contributed by atoms with E-state index >= 15 is 0 Å². The van der Waals surface area contributed by atoms with E-state index in [9.17, 15) is 13.2 Å². The molecule has 1 amide bonds. The Kier molecular flexibility index (Phi) is 10.9. The molecule has 9 heteroatoms. The second kappa shape index (κ2) is 12.4. The molecular weight excluding hydrogens is 503 g/mol. The van der Waals surface area contributed by atoms with Gasteiger partial charge in [0.05, 0.1) is 11.5 Å². The first-order valence-electron chi connectivity index (χ1n) is 9.87. The van der Waals surface area contributed by atoms with Crippen molar-refractivity contribution < 1.29 is 13.2 Å². The van der Waals surface area contributed by atoms with Crippen molar-refractivity contribution in [1.29, 1.82) is 0 Å². The number of hydrogen-bond acceptors (Lipinski definition) is 4. The standard InChI is InChI=1S/C20H32N4O3S.HI/c1-4-21-20(23-13-16(3)17-7-5-15(2)6-8-17)22-11-9-19(25)24-18-10-12-28(26,27)14-18;/h5-8,16,18H,4,9-14H2,1-3H3,(H,24,25)(H2,21,22,23);1H. The molecular formula is C20H33IN4O3S. The van der Waals surface area contributed by atoms with Crippen LogP contribution in [0.1, 0.15) is 43.7 Å². The highest BCUT2D eigenvalue weighted by molar-refractivity contribution is 14.0. The average molecular weight is 536 g/mol. The van der Waals surface area contributed by atoms with Crippen LogP contribution in [0.4, 0.5) is 0 Å². The fourth-order valence-electron chi connectivity index (χ4n) is 3.07. The summed E-state index contributed by atoms with van der Waals surface area (Å²) >= 11 is 0. The summed E-state index contributed by atoms with van der Waals surface area (Å²) in [5, 5.41) is 9.15. The third kappa shape index (κ3) is 9.33. The third-order valence-electron chi connectivity index (χ3n) is 4.76. The number of guanidine groups is 1. The van der Waals surface area contributed by atoms with Crippen molar-refractivity contribution in [2.45, 2.75) is 45.6 Å². The molecule has 0 bridgehead atoms. The minimum Gasteiger partial charge on any atom is -0.357 e. The molecule has 1 fully saturated rings. The molecule has 2 unspecified atom stereocenters. The fourth-order valence-corrected chi connectivity index (χ4v) is 4.75. The summed E-state index contributed by atoms with van der Waals surface area (Å²) in [6.45, 7) is 8.02. The van der Waals surface area contributed by atoms with Crippen LogP contribution >= 0.6 is 24.0 Å². The van der Waals surface area contributed by atoms with Gasteiger partial charge in [-0.15, -0.1) is 24.0 Å². The van der Waals surface area contributed by atoms with Crippen molar-refractivity contribution in [3.63, 3.8) is 0 Å². The second-order valence-corrected chi connectivity index (χ2v) is 9.60. The van der Waals surface area contributed by atoms with Crippen LogP contribution in [0.2, 0.25) is 0 Å². The molecule has 0 saturated carbocycles. The van der Waals surface area contributed by atoms with E-state index in [1.807, 2.05) is 6.92 Å². The van der Waals surface area contributed by atoms with Crippen LogP contribution in [0.15, 0.2) is 29.3 Å². The molecule has 1 saturated heterocycles. The zero-order valence-corrected chi connectivity index (χ0v) is 20.5. The molecule has 29 heavy (non-hydrogen) atoms. The molecule has 1 aromatic rings. The topological polar surface area (TPSA) is 99.7 Å². The first-order chi connectivity index (χ1) is 13.3. The van der Waals surface area contributed by atoms with Crippen LogP contribution < -0.4 is 16.0 Å². The number of rotatable bonds is 8. The number of benzene rings is 1. The normalized spacial score (nSPS) is 19.1. The van der Waals surface area contributed by atoms with E-state index in [1.54, 1.807) is 0 Å². The maximum atomic E-state index is 12.0. The Hall–Kier alpha value is -1.36. The molecule has 0 aromatic heterocycles. The lowest BCUT2D eigenvalue weighted by Gasteiger charge is -2.15. The van der Waals surface area contributed by atoms with E-state index in [2.05, 4.69) is 59.1 Å². The fraction of sp³-hybridized carbons (Fsp3) is 0.600. The van der Waals surface area contributed by atoms with Crippen molar-refractivity contribution in [2.75, 3.05) is 31.1 Å². The van der Waals surface area contributed by atoms with Gasteiger partial charge in [-0.1, -0.05) is 36.8 Å². The van der Waals surface area contributed by atoms with E-state index in [0.29, 0.717) is 31.4 Å². The van der Waals surface area contributed by atoms with E-state index in [1.165, 1.54) is 11.1 Å². The van der Waals surface area contributed by atoms with Gasteiger partial charge in [-0.25, -0.2) is 8.42 Å². The van der Waals surface area contributed by atoms with Crippen LogP contribution in [-0.4, -0.2) is 57.5 Å². The van der Waals surface area contributed by atoms with Crippen LogP contribution in [0, 0.1) is 6.92 Å². The minimum atomic E-state index is -2.98. The summed E-state index contributed by atoms with van der Waals surface area (Å²) < 4.78 is 22.9. The summed E-state index contributed by atoms with van der Waals surface area (Å²) in [7, 11) is -2.98. The predicted molar refractivity (Wildman–Crippen MR) is 129 cm³/mol. The van der Waals surface area contributed by atoms with Gasteiger partial charge in [-0.2, -0.15) is 0 Å². The molecule has 1 aliphatic rings. The highest BCUT2D eigenvalue weighted by Gasteiger charge is 2.28. The summed E-state index contributed by atoms with van der Waals surface area (Å²) in [4.78, 5) is 16.6. The van der Waals surface area contributed by atoms with Crippen LogP contribution in [0.25, 0.3) is 0 Å². The number of carbonyl (C=O) groups excluding carboxylic acids is 1. The number of sulfone groups is 1. The number of nitrogens with zero attached hydrogens (tertiary/aromatic N) is 1. The Labute approximate surface area is 191 Å². The van der Waals surface area contributed by atoms with Gasteiger partial charge in [0.1, 0.15) is 0 Å². The third-order valence-corrected chi connectivity index (χ3v) is 6.52. The van der Waals surface area contributed by atoms with Gasteiger partial charge in [-0.3, -0.25) is 9.79 Å². The second-order valence-electron chi connectivity index (χ2n) is 7.38. The van der Waals surface area contributed by atoms with E-state index in [-0.39, 0.29) is 53.9 Å². The van der Waals surface area contributed by atoms with Gasteiger partial charge >= 0.3 is 0 Å². The van der Waals surface area contributed by atoms with Gasteiger partial charge in [-0.05, 0) is 25.8 Å².